The third kappa shape index (κ3) is 3.86. The number of para-hydroxylation sites is 1. The molecule has 2 aromatic heterocycles. The Hall–Kier alpha value is -1.99. The van der Waals surface area contributed by atoms with Crippen molar-refractivity contribution in [3.63, 3.8) is 0 Å². The summed E-state index contributed by atoms with van der Waals surface area (Å²) < 4.78 is 14.5. The van der Waals surface area contributed by atoms with Crippen LogP contribution in [0.5, 0.6) is 0 Å². The summed E-state index contributed by atoms with van der Waals surface area (Å²) >= 11 is 3.06. The van der Waals surface area contributed by atoms with Crippen LogP contribution >= 0.6 is 22.7 Å². The maximum absolute atomic E-state index is 13.7. The van der Waals surface area contributed by atoms with Gasteiger partial charge in [0.25, 0.3) is 0 Å². The van der Waals surface area contributed by atoms with Crippen molar-refractivity contribution in [1.29, 1.82) is 0 Å². The van der Waals surface area contributed by atoms with Crippen LogP contribution in [-0.2, 0) is 11.2 Å². The third-order valence-corrected chi connectivity index (χ3v) is 5.41. The fraction of sp³-hybridized carbons (Fsp3) is 0.250. The van der Waals surface area contributed by atoms with Crippen LogP contribution in [0.1, 0.15) is 4.88 Å². The van der Waals surface area contributed by atoms with E-state index in [1.807, 2.05) is 17.5 Å². The maximum atomic E-state index is 13.7. The molecule has 0 bridgehead atoms. The molecule has 0 spiro atoms. The van der Waals surface area contributed by atoms with Gasteiger partial charge in [0.2, 0.25) is 5.91 Å². The average Bonchev–Trinajstić information content (AvgIpc) is 3.16. The first-order valence-electron chi connectivity index (χ1n) is 7.19. The molecule has 0 radical (unpaired) electrons. The van der Waals surface area contributed by atoms with E-state index in [9.17, 15) is 9.18 Å². The van der Waals surface area contributed by atoms with Crippen molar-refractivity contribution in [2.45, 2.75) is 6.42 Å². The molecule has 0 unspecified atom stereocenters. The number of thiazole rings is 1. The first-order valence-corrected chi connectivity index (χ1v) is 8.88. The van der Waals surface area contributed by atoms with Gasteiger partial charge in [-0.3, -0.25) is 4.79 Å². The number of thiophene rings is 1. The normalized spacial score (nSPS) is 10.9. The second-order valence-electron chi connectivity index (χ2n) is 5.12. The number of carbonyl (C=O) groups excluding carboxylic acids is 1. The third-order valence-electron chi connectivity index (χ3n) is 3.34. The highest BCUT2D eigenvalue weighted by Crippen LogP contribution is 2.29. The fourth-order valence-electron chi connectivity index (χ4n) is 2.19. The van der Waals surface area contributed by atoms with E-state index < -0.39 is 0 Å². The Labute approximate surface area is 141 Å². The van der Waals surface area contributed by atoms with Crippen molar-refractivity contribution in [2.24, 2.45) is 0 Å². The molecule has 3 aromatic rings. The molecule has 120 valence electrons. The van der Waals surface area contributed by atoms with Gasteiger partial charge < -0.3 is 10.2 Å². The van der Waals surface area contributed by atoms with Gasteiger partial charge in [0.1, 0.15) is 11.3 Å². The molecule has 0 fully saturated rings. The molecule has 7 heteroatoms. The number of rotatable bonds is 6. The lowest BCUT2D eigenvalue weighted by Gasteiger charge is -2.15. The lowest BCUT2D eigenvalue weighted by molar-refractivity contribution is -0.119. The van der Waals surface area contributed by atoms with E-state index in [2.05, 4.69) is 16.4 Å². The van der Waals surface area contributed by atoms with E-state index >= 15 is 0 Å². The summed E-state index contributed by atoms with van der Waals surface area (Å²) in [6.45, 7) is 0.813. The van der Waals surface area contributed by atoms with E-state index in [1.54, 1.807) is 29.4 Å². The number of halogens is 1. The Morgan fingerprint density at radius 1 is 1.35 bits per heavy atom. The molecule has 1 amide bonds. The minimum atomic E-state index is -0.334. The summed E-state index contributed by atoms with van der Waals surface area (Å²) in [5, 5.41) is 5.56. The number of nitrogens with zero attached hydrogens (tertiary/aromatic N) is 2. The topological polar surface area (TPSA) is 45.2 Å². The number of hydrogen-bond donors (Lipinski definition) is 1. The number of amides is 1. The number of anilines is 1. The monoisotopic (exact) mass is 349 g/mol. The summed E-state index contributed by atoms with van der Waals surface area (Å²) in [5.74, 6) is -0.400. The molecule has 23 heavy (non-hydrogen) atoms. The lowest BCUT2D eigenvalue weighted by atomic mass is 10.3. The number of nitrogens with one attached hydrogen (secondary N) is 1. The average molecular weight is 349 g/mol. The number of benzene rings is 1. The van der Waals surface area contributed by atoms with Gasteiger partial charge in [0.05, 0.1) is 11.2 Å². The molecule has 4 nitrogen and oxygen atoms in total. The van der Waals surface area contributed by atoms with E-state index in [0.29, 0.717) is 17.2 Å². The highest BCUT2D eigenvalue weighted by atomic mass is 32.1. The van der Waals surface area contributed by atoms with E-state index in [-0.39, 0.29) is 18.3 Å². The predicted molar refractivity (Wildman–Crippen MR) is 93.9 cm³/mol. The zero-order chi connectivity index (χ0) is 16.2. The van der Waals surface area contributed by atoms with Gasteiger partial charge in [0, 0.05) is 18.5 Å². The van der Waals surface area contributed by atoms with Gasteiger partial charge in [-0.05, 0) is 30.0 Å². The molecular formula is C16H16FN3OS2. The Balaban J connectivity index is 1.55. The van der Waals surface area contributed by atoms with Gasteiger partial charge in [-0.25, -0.2) is 9.37 Å². The zero-order valence-corrected chi connectivity index (χ0v) is 14.2. The largest absolute Gasteiger partial charge is 0.354 e. The summed E-state index contributed by atoms with van der Waals surface area (Å²) in [7, 11) is 1.79. The second-order valence-corrected chi connectivity index (χ2v) is 7.16. The van der Waals surface area contributed by atoms with Gasteiger partial charge in [-0.15, -0.1) is 11.3 Å². The van der Waals surface area contributed by atoms with Gasteiger partial charge in [0.15, 0.2) is 5.13 Å². The summed E-state index contributed by atoms with van der Waals surface area (Å²) in [4.78, 5) is 19.3. The van der Waals surface area contributed by atoms with Gasteiger partial charge in [-0.2, -0.15) is 0 Å². The zero-order valence-electron chi connectivity index (χ0n) is 12.6. The summed E-state index contributed by atoms with van der Waals surface area (Å²) in [6, 6.07) is 8.94. The van der Waals surface area contributed by atoms with Crippen LogP contribution in [0.3, 0.4) is 0 Å². The number of fused-ring (bicyclic) bond motifs is 1. The van der Waals surface area contributed by atoms with E-state index in [4.69, 9.17) is 0 Å². The van der Waals surface area contributed by atoms with Crippen molar-refractivity contribution < 1.29 is 9.18 Å². The highest BCUT2D eigenvalue weighted by molar-refractivity contribution is 7.22. The maximum Gasteiger partial charge on any atom is 0.239 e. The van der Waals surface area contributed by atoms with Crippen LogP contribution < -0.4 is 10.2 Å². The smallest absolute Gasteiger partial charge is 0.239 e. The number of carbonyl (C=O) groups is 1. The molecule has 2 heterocycles. The van der Waals surface area contributed by atoms with E-state index in [0.717, 1.165) is 11.1 Å². The van der Waals surface area contributed by atoms with Crippen LogP contribution in [-0.4, -0.2) is 31.0 Å². The van der Waals surface area contributed by atoms with Crippen LogP contribution in [0, 0.1) is 5.82 Å². The Kier molecular flexibility index (Phi) is 4.88. The second kappa shape index (κ2) is 7.06. The molecule has 0 aliphatic carbocycles. The van der Waals surface area contributed by atoms with Crippen molar-refractivity contribution in [3.05, 3.63) is 46.4 Å². The molecule has 0 atom stereocenters. The molecule has 1 aromatic carbocycles. The Morgan fingerprint density at radius 2 is 2.22 bits per heavy atom. The first-order chi connectivity index (χ1) is 11.1. The summed E-state index contributed by atoms with van der Waals surface area (Å²) in [5.41, 5.74) is 0.359. The first kappa shape index (κ1) is 15.9. The van der Waals surface area contributed by atoms with E-state index in [1.165, 1.54) is 22.3 Å². The molecule has 0 saturated carbocycles. The van der Waals surface area contributed by atoms with Crippen molar-refractivity contribution >= 4 is 43.9 Å². The molecule has 1 N–H and O–H groups in total. The number of hydrogen-bond acceptors (Lipinski definition) is 5. The van der Waals surface area contributed by atoms with Crippen molar-refractivity contribution in [3.8, 4) is 0 Å². The van der Waals surface area contributed by atoms with Crippen LogP contribution in [0.4, 0.5) is 9.52 Å². The quantitative estimate of drug-likeness (QED) is 0.743. The van der Waals surface area contributed by atoms with Crippen molar-refractivity contribution in [2.75, 3.05) is 25.0 Å². The minimum absolute atomic E-state index is 0.0659. The molecule has 0 aliphatic heterocycles. The molecular weight excluding hydrogens is 333 g/mol. The Morgan fingerprint density at radius 3 is 2.96 bits per heavy atom. The van der Waals surface area contributed by atoms with Crippen molar-refractivity contribution in [1.82, 2.24) is 10.3 Å². The standard InChI is InChI=1S/C16H16FN3OS2/c1-20(10-14(21)18-8-7-11-4-3-9-22-11)16-19-15-12(17)5-2-6-13(15)23-16/h2-6,9H,7-8,10H2,1H3,(H,18,21). The number of likely N-dealkylation sites (N-methyl/N-ethyl adjacent to an activating group) is 1. The highest BCUT2D eigenvalue weighted by Gasteiger charge is 2.13. The molecule has 0 aliphatic rings. The number of aromatic nitrogens is 1. The Bertz CT molecular complexity index is 801. The lowest BCUT2D eigenvalue weighted by Crippen LogP contribution is -2.36. The van der Waals surface area contributed by atoms with Crippen LogP contribution in [0.15, 0.2) is 35.7 Å². The fourth-order valence-corrected chi connectivity index (χ4v) is 3.83. The van der Waals surface area contributed by atoms with Gasteiger partial charge >= 0.3 is 0 Å². The molecule has 3 rings (SSSR count). The SMILES string of the molecule is CN(CC(=O)NCCc1cccs1)c1nc2c(F)cccc2s1. The summed E-state index contributed by atoms with van der Waals surface area (Å²) in [6.07, 6.45) is 0.833. The van der Waals surface area contributed by atoms with Crippen LogP contribution in [0.2, 0.25) is 0 Å². The molecule has 0 saturated heterocycles. The van der Waals surface area contributed by atoms with Crippen LogP contribution in [0.25, 0.3) is 10.2 Å². The predicted octanol–water partition coefficient (Wildman–Crippen LogP) is 3.29. The van der Waals surface area contributed by atoms with Gasteiger partial charge in [-0.1, -0.05) is 23.5 Å². The minimum Gasteiger partial charge on any atom is -0.354 e.